The van der Waals surface area contributed by atoms with E-state index in [9.17, 15) is 10.1 Å². The lowest BCUT2D eigenvalue weighted by Crippen LogP contribution is -2.33. The second kappa shape index (κ2) is 5.82. The van der Waals surface area contributed by atoms with Crippen LogP contribution in [0.4, 0.5) is 5.69 Å². The zero-order valence-electron chi connectivity index (χ0n) is 10.5. The summed E-state index contributed by atoms with van der Waals surface area (Å²) in [6.07, 6.45) is 2.37. The number of benzene rings is 1. The molecule has 0 spiro atoms. The van der Waals surface area contributed by atoms with E-state index in [-0.39, 0.29) is 10.6 Å². The number of hydrogen-bond donors (Lipinski definition) is 1. The van der Waals surface area contributed by atoms with E-state index in [0.717, 1.165) is 13.1 Å². The quantitative estimate of drug-likeness (QED) is 0.657. The topological polar surface area (TPSA) is 64.4 Å². The fourth-order valence-corrected chi connectivity index (χ4v) is 2.20. The van der Waals surface area contributed by atoms with Crippen LogP contribution in [0.5, 0.6) is 5.75 Å². The van der Waals surface area contributed by atoms with Crippen molar-refractivity contribution in [3.8, 4) is 5.75 Å². The zero-order valence-corrected chi connectivity index (χ0v) is 10.5. The number of nitro groups is 1. The maximum absolute atomic E-state index is 10.7. The second-order valence-corrected chi connectivity index (χ2v) is 4.73. The summed E-state index contributed by atoms with van der Waals surface area (Å²) in [5, 5.41) is 14.0. The molecule has 0 saturated carbocycles. The lowest BCUT2D eigenvalue weighted by Gasteiger charge is -2.22. The molecule has 1 aromatic rings. The van der Waals surface area contributed by atoms with E-state index in [1.807, 2.05) is 0 Å². The summed E-state index contributed by atoms with van der Waals surface area (Å²) in [5.41, 5.74) is 0.779. The molecule has 1 aliphatic rings. The van der Waals surface area contributed by atoms with E-state index in [1.165, 1.54) is 18.9 Å². The SMILES string of the molecule is Cc1cc(OC[C@@H]2CCCNC2)ccc1[N+](=O)[O-]. The first-order chi connectivity index (χ1) is 8.66. The standard InChI is InChI=1S/C13H18N2O3/c1-10-7-12(4-5-13(10)15(16)17)18-9-11-3-2-6-14-8-11/h4-5,7,11,14H,2-3,6,8-9H2,1H3/t11-/m1/s1. The Balaban J connectivity index is 1.93. The number of nitro benzene ring substituents is 1. The molecule has 0 bridgehead atoms. The minimum Gasteiger partial charge on any atom is -0.493 e. The van der Waals surface area contributed by atoms with Crippen molar-refractivity contribution in [2.45, 2.75) is 19.8 Å². The predicted octanol–water partition coefficient (Wildman–Crippen LogP) is 2.28. The Morgan fingerprint density at radius 1 is 1.56 bits per heavy atom. The Morgan fingerprint density at radius 3 is 3.00 bits per heavy atom. The van der Waals surface area contributed by atoms with Gasteiger partial charge in [0, 0.05) is 24.1 Å². The second-order valence-electron chi connectivity index (χ2n) is 4.73. The molecule has 0 aliphatic carbocycles. The smallest absolute Gasteiger partial charge is 0.272 e. The molecule has 1 N–H and O–H groups in total. The van der Waals surface area contributed by atoms with Crippen molar-refractivity contribution in [2.75, 3.05) is 19.7 Å². The minimum atomic E-state index is -0.371. The maximum Gasteiger partial charge on any atom is 0.272 e. The molecule has 0 aromatic heterocycles. The van der Waals surface area contributed by atoms with E-state index >= 15 is 0 Å². The predicted molar refractivity (Wildman–Crippen MR) is 68.9 cm³/mol. The Labute approximate surface area is 106 Å². The van der Waals surface area contributed by atoms with Crippen LogP contribution in [0, 0.1) is 23.0 Å². The van der Waals surface area contributed by atoms with Crippen LogP contribution >= 0.6 is 0 Å². The van der Waals surface area contributed by atoms with Crippen LogP contribution in [-0.2, 0) is 0 Å². The van der Waals surface area contributed by atoms with Gasteiger partial charge in [-0.3, -0.25) is 10.1 Å². The monoisotopic (exact) mass is 250 g/mol. The van der Waals surface area contributed by atoms with Gasteiger partial charge < -0.3 is 10.1 Å². The van der Waals surface area contributed by atoms with Crippen LogP contribution in [0.1, 0.15) is 18.4 Å². The lowest BCUT2D eigenvalue weighted by atomic mass is 10.0. The number of piperidine rings is 1. The minimum absolute atomic E-state index is 0.140. The Hall–Kier alpha value is -1.62. The Kier molecular flexibility index (Phi) is 4.15. The van der Waals surface area contributed by atoms with Gasteiger partial charge in [0.25, 0.3) is 5.69 Å². The molecule has 1 aromatic carbocycles. The number of aryl methyl sites for hydroxylation is 1. The highest BCUT2D eigenvalue weighted by Crippen LogP contribution is 2.23. The summed E-state index contributed by atoms with van der Waals surface area (Å²) in [6.45, 7) is 4.48. The van der Waals surface area contributed by atoms with Crippen LogP contribution in [0.15, 0.2) is 18.2 Å². The number of ether oxygens (including phenoxy) is 1. The van der Waals surface area contributed by atoms with E-state index < -0.39 is 0 Å². The molecule has 1 aliphatic heterocycles. The van der Waals surface area contributed by atoms with E-state index in [0.29, 0.717) is 23.8 Å². The average Bonchev–Trinajstić information content (AvgIpc) is 2.37. The third-order valence-corrected chi connectivity index (χ3v) is 3.25. The molecule has 1 heterocycles. The van der Waals surface area contributed by atoms with E-state index in [4.69, 9.17) is 4.74 Å². The Morgan fingerprint density at radius 2 is 2.39 bits per heavy atom. The summed E-state index contributed by atoms with van der Waals surface area (Å²) < 4.78 is 5.70. The number of nitrogens with one attached hydrogen (secondary N) is 1. The zero-order chi connectivity index (χ0) is 13.0. The van der Waals surface area contributed by atoms with Gasteiger partial charge in [0.15, 0.2) is 0 Å². The van der Waals surface area contributed by atoms with Crippen LogP contribution in [0.2, 0.25) is 0 Å². The fourth-order valence-electron chi connectivity index (χ4n) is 2.20. The van der Waals surface area contributed by atoms with Gasteiger partial charge in [-0.15, -0.1) is 0 Å². The summed E-state index contributed by atoms with van der Waals surface area (Å²) in [5.74, 6) is 1.25. The number of nitrogens with zero attached hydrogens (tertiary/aromatic N) is 1. The van der Waals surface area contributed by atoms with Gasteiger partial charge in [0.2, 0.25) is 0 Å². The first-order valence-electron chi connectivity index (χ1n) is 6.25. The molecule has 1 saturated heterocycles. The molecule has 0 unspecified atom stereocenters. The number of hydrogen-bond acceptors (Lipinski definition) is 4. The van der Waals surface area contributed by atoms with Gasteiger partial charge in [-0.05, 0) is 38.4 Å². The largest absolute Gasteiger partial charge is 0.493 e. The molecule has 98 valence electrons. The third-order valence-electron chi connectivity index (χ3n) is 3.25. The van der Waals surface area contributed by atoms with Crippen molar-refractivity contribution in [1.29, 1.82) is 0 Å². The normalized spacial score (nSPS) is 19.5. The molecule has 0 amide bonds. The van der Waals surface area contributed by atoms with Gasteiger partial charge in [-0.25, -0.2) is 0 Å². The van der Waals surface area contributed by atoms with Crippen molar-refractivity contribution in [2.24, 2.45) is 5.92 Å². The lowest BCUT2D eigenvalue weighted by molar-refractivity contribution is -0.385. The maximum atomic E-state index is 10.7. The third kappa shape index (κ3) is 3.20. The molecular formula is C13H18N2O3. The van der Waals surface area contributed by atoms with Crippen LogP contribution in [-0.4, -0.2) is 24.6 Å². The summed E-state index contributed by atoms with van der Waals surface area (Å²) in [4.78, 5) is 10.3. The molecule has 5 heteroatoms. The average molecular weight is 250 g/mol. The summed E-state index contributed by atoms with van der Waals surface area (Å²) in [6, 6.07) is 4.90. The first-order valence-corrected chi connectivity index (χ1v) is 6.25. The van der Waals surface area contributed by atoms with Gasteiger partial charge in [-0.2, -0.15) is 0 Å². The van der Waals surface area contributed by atoms with Crippen molar-refractivity contribution >= 4 is 5.69 Å². The molecule has 18 heavy (non-hydrogen) atoms. The van der Waals surface area contributed by atoms with Crippen LogP contribution in [0.25, 0.3) is 0 Å². The van der Waals surface area contributed by atoms with Gasteiger partial charge >= 0.3 is 0 Å². The summed E-state index contributed by atoms with van der Waals surface area (Å²) >= 11 is 0. The van der Waals surface area contributed by atoms with Gasteiger partial charge in [0.05, 0.1) is 11.5 Å². The molecule has 5 nitrogen and oxygen atoms in total. The van der Waals surface area contributed by atoms with Gasteiger partial charge in [-0.1, -0.05) is 0 Å². The van der Waals surface area contributed by atoms with Crippen molar-refractivity contribution in [1.82, 2.24) is 5.32 Å². The fraction of sp³-hybridized carbons (Fsp3) is 0.538. The highest BCUT2D eigenvalue weighted by Gasteiger charge is 2.15. The molecule has 1 fully saturated rings. The van der Waals surface area contributed by atoms with Crippen LogP contribution in [0.3, 0.4) is 0 Å². The van der Waals surface area contributed by atoms with Crippen molar-refractivity contribution in [3.05, 3.63) is 33.9 Å². The molecule has 2 rings (SSSR count). The van der Waals surface area contributed by atoms with Crippen molar-refractivity contribution in [3.63, 3.8) is 0 Å². The number of rotatable bonds is 4. The van der Waals surface area contributed by atoms with E-state index in [1.54, 1.807) is 19.1 Å². The Bertz CT molecular complexity index is 428. The van der Waals surface area contributed by atoms with Crippen LogP contribution < -0.4 is 10.1 Å². The molecule has 1 atom stereocenters. The van der Waals surface area contributed by atoms with Gasteiger partial charge in [0.1, 0.15) is 5.75 Å². The highest BCUT2D eigenvalue weighted by atomic mass is 16.6. The first kappa shape index (κ1) is 12.8. The van der Waals surface area contributed by atoms with Crippen molar-refractivity contribution < 1.29 is 9.66 Å². The summed E-state index contributed by atoms with van der Waals surface area (Å²) in [7, 11) is 0. The molecule has 0 radical (unpaired) electrons. The highest BCUT2D eigenvalue weighted by molar-refractivity contribution is 5.44. The molecular weight excluding hydrogens is 232 g/mol. The van der Waals surface area contributed by atoms with E-state index in [2.05, 4.69) is 5.32 Å².